The van der Waals surface area contributed by atoms with E-state index in [-0.39, 0.29) is 47.8 Å². The maximum atomic E-state index is 8.36. The van der Waals surface area contributed by atoms with Crippen molar-refractivity contribution in [3.8, 4) is 0 Å². The second-order valence-electron chi connectivity index (χ2n) is 16.0. The molecule has 0 unspecified atom stereocenters. The molecule has 4 radical (unpaired) electrons. The van der Waals surface area contributed by atoms with E-state index in [1.54, 1.807) is 0 Å². The summed E-state index contributed by atoms with van der Waals surface area (Å²) in [5.74, 6) is 0. The van der Waals surface area contributed by atoms with Crippen molar-refractivity contribution in [2.75, 3.05) is 0 Å². The Bertz CT molecular complexity index is 596. The fourth-order valence-electron chi connectivity index (χ4n) is 9.00. The van der Waals surface area contributed by atoms with E-state index < -0.39 is 58.6 Å². The monoisotopic (exact) mass is 876 g/mol. The molecule has 0 aromatic rings. The first-order valence-corrected chi connectivity index (χ1v) is 42.7. The minimum atomic E-state index is -1.50. The molecule has 0 spiro atoms. The molecule has 0 aromatic heterocycles. The Morgan fingerprint density at radius 1 is 0.462 bits per heavy atom. The predicted octanol–water partition coefficient (Wildman–Crippen LogP) is 7.54. The molecule has 0 aliphatic rings. The average Bonchev–Trinajstić information content (AvgIpc) is 2.47. The van der Waals surface area contributed by atoms with Crippen LogP contribution in [0, 0.1) is 20.2 Å². The predicted molar refractivity (Wildman–Crippen MR) is 190 cm³/mol. The summed E-state index contributed by atoms with van der Waals surface area (Å²) in [5.41, 5.74) is 0. The third-order valence-electron chi connectivity index (χ3n) is 7.50. The Hall–Kier alpha value is 1.26. The van der Waals surface area contributed by atoms with Gasteiger partial charge in [-0.1, -0.05) is 0 Å². The van der Waals surface area contributed by atoms with E-state index in [0.717, 1.165) is 4.60 Å². The van der Waals surface area contributed by atoms with Crippen molar-refractivity contribution < 1.29 is 26.1 Å². The van der Waals surface area contributed by atoms with Crippen LogP contribution in [0.5, 0.6) is 0 Å². The van der Waals surface area contributed by atoms with Gasteiger partial charge in [0.25, 0.3) is 10.2 Å². The number of nitrogens with zero attached hydrogens (tertiary/aromatic N) is 2. The van der Waals surface area contributed by atoms with Gasteiger partial charge in [-0.2, -0.15) is 0 Å². The van der Waals surface area contributed by atoms with Crippen LogP contribution in [0.3, 0.4) is 0 Å². The number of hydrogen-bond acceptors (Lipinski definition) is 4. The van der Waals surface area contributed by atoms with Gasteiger partial charge in [-0.25, -0.2) is 0 Å². The van der Waals surface area contributed by atoms with Crippen molar-refractivity contribution in [2.45, 2.75) is 132 Å². The molecular weight excluding hydrogens is 810 g/mol. The Morgan fingerprint density at radius 2 is 0.538 bits per heavy atom. The van der Waals surface area contributed by atoms with Crippen LogP contribution in [-0.4, -0.2) is 117 Å². The molecule has 0 atom stereocenters. The van der Waals surface area contributed by atoms with E-state index >= 15 is 0 Å². The van der Waals surface area contributed by atoms with Crippen LogP contribution in [-0.2, 0) is 0 Å². The van der Waals surface area contributed by atoms with Crippen LogP contribution in [0.15, 0.2) is 0 Å². The van der Waals surface area contributed by atoms with E-state index in [1.807, 2.05) is 0 Å². The van der Waals surface area contributed by atoms with Crippen molar-refractivity contribution >= 4 is 90.7 Å². The summed E-state index contributed by atoms with van der Waals surface area (Å²) in [6.07, 6.45) is 0. The summed E-state index contributed by atoms with van der Waals surface area (Å²) < 4.78 is 1.88. The zero-order valence-corrected chi connectivity index (χ0v) is 40.6. The zero-order chi connectivity index (χ0) is 32.6. The normalized spacial score (nSPS) is 13.2. The molecule has 0 saturated heterocycles. The maximum absolute atomic E-state index is 8.36. The molecule has 0 aromatic carbocycles. The van der Waals surface area contributed by atoms with Crippen molar-refractivity contribution in [3.63, 3.8) is 0 Å². The summed E-state index contributed by atoms with van der Waals surface area (Å²) in [6, 6.07) is 0. The van der Waals surface area contributed by atoms with Gasteiger partial charge in [0.05, 0.1) is 0 Å². The Morgan fingerprint density at radius 3 is 0.538 bits per heavy atom. The van der Waals surface area contributed by atoms with E-state index in [4.69, 9.17) is 30.6 Å². The summed E-state index contributed by atoms with van der Waals surface area (Å²) in [7, 11) is -6.05. The quantitative estimate of drug-likeness (QED) is 0.146. The summed E-state index contributed by atoms with van der Waals surface area (Å²) in [5, 5.41) is 27.3. The summed E-state index contributed by atoms with van der Waals surface area (Å²) in [4.78, 5) is 22.0. The fourth-order valence-corrected chi connectivity index (χ4v) is 106. The molecule has 0 amide bonds. The minimum absolute atomic E-state index is 0. The van der Waals surface area contributed by atoms with Gasteiger partial charge in [-0.05, 0) is 0 Å². The molecule has 0 aliphatic heterocycles. The average molecular weight is 875 g/mol. The van der Waals surface area contributed by atoms with Crippen LogP contribution in [0.4, 0.5) is 0 Å². The Kier molecular flexibility index (Phi) is 22.4. The Labute approximate surface area is 267 Å². The van der Waals surface area contributed by atoms with Gasteiger partial charge in [-0.3, -0.25) is 0 Å². The van der Waals surface area contributed by atoms with Crippen molar-refractivity contribution in [3.05, 3.63) is 20.2 Å². The number of hydrogen-bond donors (Lipinski definition) is 2. The van der Waals surface area contributed by atoms with Crippen LogP contribution in [0.2, 0.25) is 132 Å². The first-order valence-electron chi connectivity index (χ1n) is 13.1. The molecular formula is C22H64N2O7Si6Sn2. The van der Waals surface area contributed by atoms with Gasteiger partial charge < -0.3 is 15.9 Å². The second kappa shape index (κ2) is 17.5. The topological polar surface area (TPSA) is 158 Å². The van der Waals surface area contributed by atoms with Gasteiger partial charge in [0.15, 0.2) is 0 Å². The van der Waals surface area contributed by atoms with Crippen molar-refractivity contribution in [2.24, 2.45) is 0 Å². The van der Waals surface area contributed by atoms with E-state index in [9.17, 15) is 0 Å². The molecule has 9 nitrogen and oxygen atoms in total. The third-order valence-corrected chi connectivity index (χ3v) is 101. The molecule has 39 heavy (non-hydrogen) atoms. The van der Waals surface area contributed by atoms with Crippen LogP contribution < -0.4 is 0 Å². The van der Waals surface area contributed by atoms with E-state index in [1.165, 1.54) is 0 Å². The SMILES string of the molecule is O.O=[N+]([O-])O.O=[N+]([O-])O.[CH3][Sn][C]([Si](C)(C)C)([Si](C)(C)C)[Si](C)(C)C.[CH3][Sn][C]([Si](C)(C)C)([Si](C)(C)C)[Si](C)(C)C. The fraction of sp³-hybridized carbons (Fsp3) is 1.00. The van der Waals surface area contributed by atoms with Gasteiger partial charge in [-0.15, -0.1) is 20.2 Å². The molecule has 17 heteroatoms. The second-order valence-corrected chi connectivity index (χ2v) is 66.2. The molecule has 0 saturated carbocycles. The first kappa shape index (κ1) is 49.9. The Balaban J connectivity index is -0.000000152. The van der Waals surface area contributed by atoms with Crippen molar-refractivity contribution in [1.82, 2.24) is 0 Å². The summed E-state index contributed by atoms with van der Waals surface area (Å²) >= 11 is -0.409. The molecule has 0 aliphatic carbocycles. The van der Waals surface area contributed by atoms with Crippen LogP contribution in [0.1, 0.15) is 0 Å². The van der Waals surface area contributed by atoms with Crippen LogP contribution in [0.25, 0.3) is 0 Å². The molecule has 4 N–H and O–H groups in total. The van der Waals surface area contributed by atoms with Crippen LogP contribution >= 0.6 is 0 Å². The molecule has 0 fully saturated rings. The first-order chi connectivity index (χ1) is 16.1. The molecule has 0 heterocycles. The van der Waals surface area contributed by atoms with Gasteiger partial charge in [0, 0.05) is 0 Å². The molecule has 0 bridgehead atoms. The number of rotatable bonds is 8. The zero-order valence-electron chi connectivity index (χ0n) is 28.9. The van der Waals surface area contributed by atoms with Gasteiger partial charge >= 0.3 is 223 Å². The van der Waals surface area contributed by atoms with Gasteiger partial charge in [0.1, 0.15) is 0 Å². The molecule has 0 rings (SSSR count). The molecule has 236 valence electrons. The van der Waals surface area contributed by atoms with E-state index in [2.05, 4.69) is 128 Å². The summed E-state index contributed by atoms with van der Waals surface area (Å²) in [6.45, 7) is 47.6. The van der Waals surface area contributed by atoms with E-state index in [0.29, 0.717) is 0 Å². The van der Waals surface area contributed by atoms with Gasteiger partial charge in [0.2, 0.25) is 0 Å². The van der Waals surface area contributed by atoms with Crippen molar-refractivity contribution in [1.29, 1.82) is 0 Å². The third kappa shape index (κ3) is 14.5. The standard InChI is InChI=1S/2C10H27Si3.2CH3.2HNO3.H2O.2Sn/c2*1-11(2,3)10(12(4,5)6)13(7,8)9;;;2*2-1(3)4;;;/h2*1-9H3;2*1H3;2*(H,2,3,4);1H2;;.